The third-order valence-corrected chi connectivity index (χ3v) is 3.87. The highest BCUT2D eigenvalue weighted by Gasteiger charge is 2.27. The molecule has 1 N–H and O–H groups in total. The van der Waals surface area contributed by atoms with Gasteiger partial charge in [0.1, 0.15) is 11.9 Å². The molecule has 1 unspecified atom stereocenters. The number of imidazole rings is 1. The van der Waals surface area contributed by atoms with Gasteiger partial charge in [-0.05, 0) is 13.3 Å². The number of nitrogens with one attached hydrogen (secondary N) is 1. The first kappa shape index (κ1) is 15.5. The smallest absolute Gasteiger partial charge is 0.242 e. The Labute approximate surface area is 125 Å². The fourth-order valence-electron chi connectivity index (χ4n) is 2.65. The molecule has 2 amide bonds. The molecule has 0 saturated carbocycles. The molecule has 1 fully saturated rings. The molecular formula is C15H24N4O2. The maximum atomic E-state index is 12.4. The number of nitrogens with zero attached hydrogens (tertiary/aromatic N) is 3. The van der Waals surface area contributed by atoms with Crippen molar-refractivity contribution in [3.05, 3.63) is 18.2 Å². The van der Waals surface area contributed by atoms with Gasteiger partial charge < -0.3 is 14.8 Å². The normalized spacial score (nSPS) is 19.5. The van der Waals surface area contributed by atoms with Crippen LogP contribution in [-0.2, 0) is 16.1 Å². The average Bonchev–Trinajstić information content (AvgIpc) is 2.86. The monoisotopic (exact) mass is 292 g/mol. The molecule has 1 aromatic rings. The summed E-state index contributed by atoms with van der Waals surface area (Å²) >= 11 is 0. The number of hydrogen-bond acceptors (Lipinski definition) is 3. The number of aromatic nitrogens is 2. The first-order valence-electron chi connectivity index (χ1n) is 7.59. The predicted molar refractivity (Wildman–Crippen MR) is 79.7 cm³/mol. The molecule has 6 heteroatoms. The average molecular weight is 292 g/mol. The van der Waals surface area contributed by atoms with E-state index in [0.717, 1.165) is 12.2 Å². The van der Waals surface area contributed by atoms with Crippen LogP contribution in [0.15, 0.2) is 12.4 Å². The van der Waals surface area contributed by atoms with E-state index < -0.39 is 0 Å². The van der Waals surface area contributed by atoms with Crippen molar-refractivity contribution in [1.82, 2.24) is 19.8 Å². The van der Waals surface area contributed by atoms with Crippen LogP contribution in [0.25, 0.3) is 0 Å². The zero-order chi connectivity index (χ0) is 15.4. The van der Waals surface area contributed by atoms with E-state index >= 15 is 0 Å². The zero-order valence-corrected chi connectivity index (χ0v) is 13.0. The molecule has 0 bridgehead atoms. The highest BCUT2D eigenvalue weighted by Crippen LogP contribution is 2.13. The van der Waals surface area contributed by atoms with Crippen LogP contribution in [0.2, 0.25) is 0 Å². The molecule has 0 aromatic carbocycles. The van der Waals surface area contributed by atoms with Crippen molar-refractivity contribution < 1.29 is 9.59 Å². The lowest BCUT2D eigenvalue weighted by Crippen LogP contribution is -2.45. The van der Waals surface area contributed by atoms with Gasteiger partial charge in [-0.3, -0.25) is 9.59 Å². The summed E-state index contributed by atoms with van der Waals surface area (Å²) in [7, 11) is 0. The van der Waals surface area contributed by atoms with Crippen LogP contribution in [0, 0.1) is 0 Å². The van der Waals surface area contributed by atoms with Crippen molar-refractivity contribution in [1.29, 1.82) is 0 Å². The maximum absolute atomic E-state index is 12.4. The van der Waals surface area contributed by atoms with Crippen LogP contribution in [0.5, 0.6) is 0 Å². The molecule has 21 heavy (non-hydrogen) atoms. The second kappa shape index (κ2) is 6.74. The molecule has 0 radical (unpaired) electrons. The molecule has 6 nitrogen and oxygen atoms in total. The molecule has 2 heterocycles. The third-order valence-electron chi connectivity index (χ3n) is 3.87. The molecule has 1 aliphatic heterocycles. The van der Waals surface area contributed by atoms with Crippen LogP contribution in [-0.4, -0.2) is 45.4 Å². The summed E-state index contributed by atoms with van der Waals surface area (Å²) in [6.45, 7) is 7.85. The van der Waals surface area contributed by atoms with E-state index in [-0.39, 0.29) is 17.9 Å². The van der Waals surface area contributed by atoms with Crippen molar-refractivity contribution >= 4 is 11.8 Å². The number of aryl methyl sites for hydroxylation is 1. The van der Waals surface area contributed by atoms with Gasteiger partial charge in [-0.2, -0.15) is 0 Å². The van der Waals surface area contributed by atoms with E-state index in [1.807, 2.05) is 10.8 Å². The van der Waals surface area contributed by atoms with Gasteiger partial charge in [-0.15, -0.1) is 0 Å². The standard InChI is InChI=1S/C15H24N4O2/c1-11(2)14-16-7-10-18(14)9-5-13(20)19-8-4-6-17-15(21)12(19)3/h7,10-12H,4-6,8-9H2,1-3H3,(H,17,21). The highest BCUT2D eigenvalue weighted by atomic mass is 16.2. The third kappa shape index (κ3) is 3.62. The molecule has 0 aliphatic carbocycles. The molecule has 0 spiro atoms. The summed E-state index contributed by atoms with van der Waals surface area (Å²) in [6.07, 6.45) is 4.88. The number of rotatable bonds is 4. The molecule has 1 aromatic heterocycles. The lowest BCUT2D eigenvalue weighted by Gasteiger charge is -2.25. The van der Waals surface area contributed by atoms with E-state index in [2.05, 4.69) is 24.1 Å². The van der Waals surface area contributed by atoms with E-state index in [1.165, 1.54) is 0 Å². The second-order valence-corrected chi connectivity index (χ2v) is 5.79. The minimum atomic E-state index is -0.382. The van der Waals surface area contributed by atoms with Crippen molar-refractivity contribution in [2.24, 2.45) is 0 Å². The molecule has 2 rings (SSSR count). The Morgan fingerprint density at radius 2 is 2.29 bits per heavy atom. The fraction of sp³-hybridized carbons (Fsp3) is 0.667. The number of carbonyl (C=O) groups excluding carboxylic acids is 2. The first-order chi connectivity index (χ1) is 10.0. The van der Waals surface area contributed by atoms with Crippen LogP contribution >= 0.6 is 0 Å². The first-order valence-corrected chi connectivity index (χ1v) is 7.59. The van der Waals surface area contributed by atoms with Crippen molar-refractivity contribution in [3.63, 3.8) is 0 Å². The van der Waals surface area contributed by atoms with Crippen LogP contribution in [0.3, 0.4) is 0 Å². The maximum Gasteiger partial charge on any atom is 0.242 e. The zero-order valence-electron chi connectivity index (χ0n) is 13.0. The summed E-state index contributed by atoms with van der Waals surface area (Å²) in [5, 5.41) is 2.82. The molecule has 116 valence electrons. The van der Waals surface area contributed by atoms with E-state index in [1.54, 1.807) is 18.0 Å². The quantitative estimate of drug-likeness (QED) is 0.904. The van der Waals surface area contributed by atoms with Gasteiger partial charge in [0.25, 0.3) is 0 Å². The highest BCUT2D eigenvalue weighted by molar-refractivity contribution is 5.87. The Morgan fingerprint density at radius 1 is 1.52 bits per heavy atom. The van der Waals surface area contributed by atoms with Gasteiger partial charge in [-0.25, -0.2) is 4.98 Å². The summed E-state index contributed by atoms with van der Waals surface area (Å²) in [5.41, 5.74) is 0. The lowest BCUT2D eigenvalue weighted by atomic mass is 10.2. The minimum absolute atomic E-state index is 0.0305. The largest absolute Gasteiger partial charge is 0.354 e. The second-order valence-electron chi connectivity index (χ2n) is 5.79. The van der Waals surface area contributed by atoms with Gasteiger partial charge in [-0.1, -0.05) is 13.8 Å². The van der Waals surface area contributed by atoms with Gasteiger partial charge >= 0.3 is 0 Å². The van der Waals surface area contributed by atoms with Crippen molar-refractivity contribution in [2.75, 3.05) is 13.1 Å². The van der Waals surface area contributed by atoms with Crippen molar-refractivity contribution in [3.8, 4) is 0 Å². The van der Waals surface area contributed by atoms with E-state index in [0.29, 0.717) is 32.0 Å². The number of carbonyl (C=O) groups is 2. The predicted octanol–water partition coefficient (Wildman–Crippen LogP) is 1.13. The Kier molecular flexibility index (Phi) is 4.98. The topological polar surface area (TPSA) is 67.2 Å². The van der Waals surface area contributed by atoms with Gasteiger partial charge in [0.2, 0.25) is 11.8 Å². The summed E-state index contributed by atoms with van der Waals surface area (Å²) in [6, 6.07) is -0.382. The van der Waals surface area contributed by atoms with Gasteiger partial charge in [0.15, 0.2) is 0 Å². The summed E-state index contributed by atoms with van der Waals surface area (Å²) in [5.74, 6) is 1.29. The number of hydrogen-bond donors (Lipinski definition) is 1. The minimum Gasteiger partial charge on any atom is -0.354 e. The van der Waals surface area contributed by atoms with Crippen molar-refractivity contribution in [2.45, 2.75) is 52.1 Å². The Bertz CT molecular complexity index is 510. The Balaban J connectivity index is 1.97. The Morgan fingerprint density at radius 3 is 3.00 bits per heavy atom. The van der Waals surface area contributed by atoms with E-state index in [4.69, 9.17) is 0 Å². The van der Waals surface area contributed by atoms with Crippen LogP contribution in [0.1, 0.15) is 45.4 Å². The molecule has 1 saturated heterocycles. The molecule has 1 aliphatic rings. The van der Waals surface area contributed by atoms with Crippen LogP contribution in [0.4, 0.5) is 0 Å². The summed E-state index contributed by atoms with van der Waals surface area (Å²) in [4.78, 5) is 30.2. The molecule has 1 atom stereocenters. The number of amides is 2. The van der Waals surface area contributed by atoms with Gasteiger partial charge in [0, 0.05) is 44.4 Å². The van der Waals surface area contributed by atoms with E-state index in [9.17, 15) is 9.59 Å². The Hall–Kier alpha value is -1.85. The SMILES string of the molecule is CC(C)c1nccn1CCC(=O)N1CCCNC(=O)C1C. The van der Waals surface area contributed by atoms with Gasteiger partial charge in [0.05, 0.1) is 0 Å². The molecular weight excluding hydrogens is 268 g/mol. The van der Waals surface area contributed by atoms with Crippen LogP contribution < -0.4 is 5.32 Å². The fourth-order valence-corrected chi connectivity index (χ4v) is 2.65. The summed E-state index contributed by atoms with van der Waals surface area (Å²) < 4.78 is 2.02. The lowest BCUT2D eigenvalue weighted by molar-refractivity contribution is -0.139.